The highest BCUT2D eigenvalue weighted by Gasteiger charge is 2.38. The van der Waals surface area contributed by atoms with Gasteiger partial charge in [-0.15, -0.1) is 11.3 Å². The fraction of sp³-hybridized carbons (Fsp3) is 0.700. The van der Waals surface area contributed by atoms with Crippen LogP contribution in [0.25, 0.3) is 0 Å². The van der Waals surface area contributed by atoms with Gasteiger partial charge in [-0.1, -0.05) is 0 Å². The molecule has 0 saturated heterocycles. The van der Waals surface area contributed by atoms with E-state index in [1.165, 1.54) is 10.6 Å². The van der Waals surface area contributed by atoms with Gasteiger partial charge >= 0.3 is 0 Å². The second-order valence-electron chi connectivity index (χ2n) is 5.14. The van der Waals surface area contributed by atoms with E-state index < -0.39 is 0 Å². The molecule has 1 aliphatic heterocycles. The van der Waals surface area contributed by atoms with Gasteiger partial charge in [-0.3, -0.25) is 0 Å². The number of nitrogens with zero attached hydrogens (tertiary/aromatic N) is 1. The molecule has 4 heteroatoms. The Kier molecular flexibility index (Phi) is 1.92. The number of nitrogens with two attached hydrogens (primary N) is 1. The second-order valence-corrected chi connectivity index (χ2v) is 6.17. The Morgan fingerprint density at radius 3 is 2.64 bits per heavy atom. The number of fused-ring (bicyclic) bond motifs is 1. The zero-order valence-electron chi connectivity index (χ0n) is 9.14. The third-order valence-electron chi connectivity index (χ3n) is 2.54. The molecular weight excluding hydrogens is 194 g/mol. The van der Waals surface area contributed by atoms with Crippen LogP contribution in [0.3, 0.4) is 0 Å². The van der Waals surface area contributed by atoms with E-state index in [0.29, 0.717) is 5.13 Å². The van der Waals surface area contributed by atoms with Crippen molar-refractivity contribution in [2.75, 3.05) is 5.73 Å². The molecule has 3 N–H and O–H groups in total. The normalized spacial score (nSPS) is 23.1. The van der Waals surface area contributed by atoms with Crippen molar-refractivity contribution in [3.05, 3.63) is 10.6 Å². The summed E-state index contributed by atoms with van der Waals surface area (Å²) in [5, 5.41) is 4.30. The molecule has 0 fully saturated rings. The number of nitrogen functional groups attached to an aromatic ring is 1. The van der Waals surface area contributed by atoms with Crippen LogP contribution < -0.4 is 11.1 Å². The maximum Gasteiger partial charge on any atom is 0.180 e. The molecule has 0 aliphatic carbocycles. The summed E-state index contributed by atoms with van der Waals surface area (Å²) in [6.45, 7) is 8.77. The topological polar surface area (TPSA) is 50.9 Å². The number of anilines is 1. The molecule has 1 aromatic rings. The summed E-state index contributed by atoms with van der Waals surface area (Å²) in [6.07, 6.45) is 0.958. The van der Waals surface area contributed by atoms with Crippen LogP contribution in [0.2, 0.25) is 0 Å². The number of thiazole rings is 1. The summed E-state index contributed by atoms with van der Waals surface area (Å²) in [4.78, 5) is 5.69. The summed E-state index contributed by atoms with van der Waals surface area (Å²) in [6, 6.07) is 0. The molecule has 0 amide bonds. The monoisotopic (exact) mass is 211 g/mol. The van der Waals surface area contributed by atoms with Crippen LogP contribution in [-0.4, -0.2) is 10.5 Å². The average Bonchev–Trinajstić information content (AvgIpc) is 2.25. The van der Waals surface area contributed by atoms with E-state index in [1.54, 1.807) is 11.3 Å². The maximum absolute atomic E-state index is 5.75. The first kappa shape index (κ1) is 9.93. The minimum Gasteiger partial charge on any atom is -0.375 e. The van der Waals surface area contributed by atoms with Crippen molar-refractivity contribution in [2.24, 2.45) is 0 Å². The van der Waals surface area contributed by atoms with Crippen molar-refractivity contribution in [3.8, 4) is 0 Å². The van der Waals surface area contributed by atoms with Crippen molar-refractivity contribution < 1.29 is 0 Å². The van der Waals surface area contributed by atoms with Gasteiger partial charge in [0.2, 0.25) is 0 Å². The van der Waals surface area contributed by atoms with Crippen molar-refractivity contribution in [3.63, 3.8) is 0 Å². The van der Waals surface area contributed by atoms with Crippen molar-refractivity contribution in [2.45, 2.75) is 45.2 Å². The van der Waals surface area contributed by atoms with Gasteiger partial charge < -0.3 is 11.1 Å². The first-order valence-corrected chi connectivity index (χ1v) is 5.67. The van der Waals surface area contributed by atoms with Crippen molar-refractivity contribution in [1.82, 2.24) is 10.3 Å². The van der Waals surface area contributed by atoms with Gasteiger partial charge in [0.15, 0.2) is 5.13 Å². The number of aromatic nitrogens is 1. The standard InChI is InChI=1S/C10H17N3S/c1-9(2)5-6-7(10(3,4)13-9)14-8(11)12-6/h13H,5H2,1-4H3,(H2,11,12). The van der Waals surface area contributed by atoms with E-state index in [9.17, 15) is 0 Å². The molecular formula is C10H17N3S. The first-order chi connectivity index (χ1) is 6.30. The van der Waals surface area contributed by atoms with E-state index in [4.69, 9.17) is 5.73 Å². The molecule has 0 bridgehead atoms. The van der Waals surface area contributed by atoms with Crippen LogP contribution in [0.1, 0.15) is 38.3 Å². The van der Waals surface area contributed by atoms with E-state index in [1.807, 2.05) is 0 Å². The molecule has 1 aliphatic rings. The van der Waals surface area contributed by atoms with Crippen LogP contribution in [-0.2, 0) is 12.0 Å². The van der Waals surface area contributed by atoms with Gasteiger partial charge in [0.1, 0.15) is 0 Å². The highest BCUT2D eigenvalue weighted by Crippen LogP contribution is 2.38. The predicted molar refractivity (Wildman–Crippen MR) is 60.5 cm³/mol. The Morgan fingerprint density at radius 2 is 2.00 bits per heavy atom. The number of hydrogen-bond donors (Lipinski definition) is 2. The van der Waals surface area contributed by atoms with Crippen molar-refractivity contribution >= 4 is 16.5 Å². The third-order valence-corrected chi connectivity index (χ3v) is 3.79. The smallest absolute Gasteiger partial charge is 0.180 e. The minimum absolute atomic E-state index is 0.00757. The predicted octanol–water partition coefficient (Wildman–Crippen LogP) is 1.88. The van der Waals surface area contributed by atoms with Crippen LogP contribution in [0.15, 0.2) is 0 Å². The Balaban J connectivity index is 2.52. The highest BCUT2D eigenvalue weighted by molar-refractivity contribution is 7.15. The summed E-state index contributed by atoms with van der Waals surface area (Å²) in [7, 11) is 0. The molecule has 1 aromatic heterocycles. The molecule has 0 saturated carbocycles. The summed E-state index contributed by atoms with van der Waals surface area (Å²) < 4.78 is 0. The lowest BCUT2D eigenvalue weighted by molar-refractivity contribution is 0.244. The molecule has 2 heterocycles. The van der Waals surface area contributed by atoms with E-state index >= 15 is 0 Å². The van der Waals surface area contributed by atoms with E-state index in [-0.39, 0.29) is 11.1 Å². The number of nitrogens with one attached hydrogen (secondary N) is 1. The lowest BCUT2D eigenvalue weighted by Gasteiger charge is -2.41. The lowest BCUT2D eigenvalue weighted by atomic mass is 9.85. The van der Waals surface area contributed by atoms with Crippen LogP contribution in [0, 0.1) is 0 Å². The van der Waals surface area contributed by atoms with Gasteiger partial charge in [-0.2, -0.15) is 0 Å². The van der Waals surface area contributed by atoms with Gasteiger partial charge in [0.05, 0.1) is 5.69 Å². The first-order valence-electron chi connectivity index (χ1n) is 4.85. The van der Waals surface area contributed by atoms with Crippen LogP contribution in [0.5, 0.6) is 0 Å². The summed E-state index contributed by atoms with van der Waals surface area (Å²) >= 11 is 1.60. The molecule has 14 heavy (non-hydrogen) atoms. The minimum atomic E-state index is -0.00757. The van der Waals surface area contributed by atoms with Gasteiger partial charge in [0.25, 0.3) is 0 Å². The Morgan fingerprint density at radius 1 is 1.36 bits per heavy atom. The Bertz CT molecular complexity index is 365. The largest absolute Gasteiger partial charge is 0.375 e. The molecule has 78 valence electrons. The lowest BCUT2D eigenvalue weighted by Crippen LogP contribution is -2.54. The zero-order chi connectivity index (χ0) is 10.6. The van der Waals surface area contributed by atoms with Crippen LogP contribution in [0.4, 0.5) is 5.13 Å². The van der Waals surface area contributed by atoms with Crippen molar-refractivity contribution in [1.29, 1.82) is 0 Å². The SMILES string of the molecule is CC1(C)Cc2nc(N)sc2C(C)(C)N1. The number of rotatable bonds is 0. The summed E-state index contributed by atoms with van der Waals surface area (Å²) in [5.74, 6) is 0. The van der Waals surface area contributed by atoms with E-state index in [2.05, 4.69) is 38.0 Å². The highest BCUT2D eigenvalue weighted by atomic mass is 32.1. The quantitative estimate of drug-likeness (QED) is 0.689. The Hall–Kier alpha value is -0.610. The average molecular weight is 211 g/mol. The molecule has 3 nitrogen and oxygen atoms in total. The third kappa shape index (κ3) is 1.53. The number of hydrogen-bond acceptors (Lipinski definition) is 4. The van der Waals surface area contributed by atoms with Crippen LogP contribution >= 0.6 is 11.3 Å². The molecule has 0 aromatic carbocycles. The van der Waals surface area contributed by atoms with E-state index in [0.717, 1.165) is 6.42 Å². The fourth-order valence-corrected chi connectivity index (χ4v) is 3.25. The van der Waals surface area contributed by atoms with Gasteiger partial charge in [-0.25, -0.2) is 4.98 Å². The van der Waals surface area contributed by atoms with Gasteiger partial charge in [-0.05, 0) is 27.7 Å². The molecule has 0 atom stereocenters. The molecule has 0 spiro atoms. The fourth-order valence-electron chi connectivity index (χ4n) is 2.34. The molecule has 2 rings (SSSR count). The zero-order valence-corrected chi connectivity index (χ0v) is 9.96. The Labute approximate surface area is 88.7 Å². The molecule has 0 unspecified atom stereocenters. The second kappa shape index (κ2) is 2.70. The molecule has 0 radical (unpaired) electrons. The van der Waals surface area contributed by atoms with Gasteiger partial charge in [0, 0.05) is 22.4 Å². The summed E-state index contributed by atoms with van der Waals surface area (Å²) in [5.41, 5.74) is 7.02. The maximum atomic E-state index is 5.75.